The van der Waals surface area contributed by atoms with Gasteiger partial charge in [-0.15, -0.1) is 0 Å². The molecule has 0 radical (unpaired) electrons. The Morgan fingerprint density at radius 3 is 2.50 bits per heavy atom. The number of ether oxygens (including phenoxy) is 2. The second kappa shape index (κ2) is 2.89. The van der Waals surface area contributed by atoms with E-state index in [-0.39, 0.29) is 5.41 Å². The fourth-order valence-corrected chi connectivity index (χ4v) is 0.661. The third-order valence-corrected chi connectivity index (χ3v) is 1.24. The zero-order valence-corrected chi connectivity index (χ0v) is 7.02. The number of hydrogen-bond donors (Lipinski definition) is 0. The van der Waals surface area contributed by atoms with Crippen LogP contribution < -0.4 is 0 Å². The maximum Gasteiger partial charge on any atom is 0.104 e. The van der Waals surface area contributed by atoms with Crippen molar-refractivity contribution in [1.82, 2.24) is 0 Å². The zero-order chi connectivity index (χ0) is 7.61. The topological polar surface area (TPSA) is 21.8 Å². The van der Waals surface area contributed by atoms with Crippen LogP contribution in [0.2, 0.25) is 0 Å². The molecular formula is C8H16O2. The van der Waals surface area contributed by atoms with Crippen molar-refractivity contribution in [2.24, 2.45) is 5.41 Å². The van der Waals surface area contributed by atoms with Crippen LogP contribution >= 0.6 is 0 Å². The van der Waals surface area contributed by atoms with E-state index in [9.17, 15) is 0 Å². The first kappa shape index (κ1) is 8.02. The first-order valence-electron chi connectivity index (χ1n) is 3.77. The summed E-state index contributed by atoms with van der Waals surface area (Å²) < 4.78 is 10.4. The molecule has 1 unspecified atom stereocenters. The second-order valence-electron chi connectivity index (χ2n) is 4.03. The molecule has 1 aliphatic heterocycles. The van der Waals surface area contributed by atoms with Crippen molar-refractivity contribution in [3.8, 4) is 0 Å². The molecule has 10 heavy (non-hydrogen) atoms. The Morgan fingerprint density at radius 2 is 2.10 bits per heavy atom. The highest BCUT2D eigenvalue weighted by atomic mass is 16.6. The van der Waals surface area contributed by atoms with Crippen LogP contribution in [-0.4, -0.2) is 25.9 Å². The van der Waals surface area contributed by atoms with E-state index in [0.29, 0.717) is 6.10 Å². The van der Waals surface area contributed by atoms with Gasteiger partial charge < -0.3 is 9.47 Å². The van der Waals surface area contributed by atoms with E-state index in [4.69, 9.17) is 9.47 Å². The van der Waals surface area contributed by atoms with Crippen molar-refractivity contribution in [2.45, 2.75) is 26.9 Å². The molecule has 0 aromatic heterocycles. The van der Waals surface area contributed by atoms with E-state index in [0.717, 1.165) is 19.8 Å². The van der Waals surface area contributed by atoms with Gasteiger partial charge in [-0.25, -0.2) is 0 Å². The fraction of sp³-hybridized carbons (Fsp3) is 1.00. The van der Waals surface area contributed by atoms with Crippen molar-refractivity contribution in [3.05, 3.63) is 0 Å². The molecule has 0 aliphatic carbocycles. The summed E-state index contributed by atoms with van der Waals surface area (Å²) in [4.78, 5) is 0. The van der Waals surface area contributed by atoms with Gasteiger partial charge in [-0.05, 0) is 5.41 Å². The van der Waals surface area contributed by atoms with Gasteiger partial charge in [0.2, 0.25) is 0 Å². The summed E-state index contributed by atoms with van der Waals surface area (Å²) in [5.74, 6) is 0. The average molecular weight is 144 g/mol. The van der Waals surface area contributed by atoms with Crippen LogP contribution in [-0.2, 0) is 9.47 Å². The van der Waals surface area contributed by atoms with Crippen LogP contribution in [0.3, 0.4) is 0 Å². The van der Waals surface area contributed by atoms with E-state index >= 15 is 0 Å². The molecule has 0 N–H and O–H groups in total. The molecule has 2 nitrogen and oxygen atoms in total. The molecule has 0 spiro atoms. The van der Waals surface area contributed by atoms with Gasteiger partial charge in [0.15, 0.2) is 0 Å². The first-order chi connectivity index (χ1) is 4.58. The Balaban J connectivity index is 1.93. The van der Waals surface area contributed by atoms with Gasteiger partial charge in [0.05, 0.1) is 19.8 Å². The standard InChI is InChI=1S/C8H16O2/c1-8(2,3)6-9-4-7-5-10-7/h7H,4-6H2,1-3H3. The Labute approximate surface area is 62.5 Å². The quantitative estimate of drug-likeness (QED) is 0.559. The Morgan fingerprint density at radius 1 is 1.50 bits per heavy atom. The van der Waals surface area contributed by atoms with Crippen LogP contribution in [0.1, 0.15) is 20.8 Å². The normalized spacial score (nSPS) is 24.9. The van der Waals surface area contributed by atoms with Gasteiger partial charge in [0, 0.05) is 0 Å². The molecule has 0 aromatic carbocycles. The average Bonchev–Trinajstić information content (AvgIpc) is 2.45. The molecule has 1 heterocycles. The van der Waals surface area contributed by atoms with E-state index in [1.54, 1.807) is 0 Å². The Bertz CT molecular complexity index is 100. The highest BCUT2D eigenvalue weighted by molar-refractivity contribution is 4.68. The van der Waals surface area contributed by atoms with Crippen LogP contribution in [0.25, 0.3) is 0 Å². The molecule has 60 valence electrons. The Hall–Kier alpha value is -0.0800. The molecule has 1 fully saturated rings. The summed E-state index contributed by atoms with van der Waals surface area (Å²) in [5, 5.41) is 0. The minimum absolute atomic E-state index is 0.287. The van der Waals surface area contributed by atoms with Gasteiger partial charge in [-0.1, -0.05) is 20.8 Å². The fourth-order valence-electron chi connectivity index (χ4n) is 0.661. The molecular weight excluding hydrogens is 128 g/mol. The van der Waals surface area contributed by atoms with Gasteiger partial charge in [-0.2, -0.15) is 0 Å². The smallest absolute Gasteiger partial charge is 0.104 e. The number of hydrogen-bond acceptors (Lipinski definition) is 2. The highest BCUT2D eigenvalue weighted by Gasteiger charge is 2.23. The predicted octanol–water partition coefficient (Wildman–Crippen LogP) is 1.45. The molecule has 1 saturated heterocycles. The van der Waals surface area contributed by atoms with E-state index < -0.39 is 0 Å². The predicted molar refractivity (Wildman–Crippen MR) is 40.0 cm³/mol. The third-order valence-electron chi connectivity index (χ3n) is 1.24. The molecule has 1 rings (SSSR count). The van der Waals surface area contributed by atoms with Crippen LogP contribution in [0.5, 0.6) is 0 Å². The van der Waals surface area contributed by atoms with E-state index in [1.165, 1.54) is 0 Å². The molecule has 1 atom stereocenters. The molecule has 0 aromatic rings. The highest BCUT2D eigenvalue weighted by Crippen LogP contribution is 2.15. The lowest BCUT2D eigenvalue weighted by molar-refractivity contribution is 0.0607. The molecule has 0 bridgehead atoms. The van der Waals surface area contributed by atoms with Gasteiger partial charge in [-0.3, -0.25) is 0 Å². The van der Waals surface area contributed by atoms with Crippen LogP contribution in [0.4, 0.5) is 0 Å². The largest absolute Gasteiger partial charge is 0.378 e. The summed E-state index contributed by atoms with van der Waals surface area (Å²) in [6.07, 6.45) is 0.405. The Kier molecular flexibility index (Phi) is 2.32. The van der Waals surface area contributed by atoms with Crippen molar-refractivity contribution in [3.63, 3.8) is 0 Å². The summed E-state index contributed by atoms with van der Waals surface area (Å²) >= 11 is 0. The van der Waals surface area contributed by atoms with E-state index in [1.807, 2.05) is 0 Å². The minimum Gasteiger partial charge on any atom is -0.378 e. The minimum atomic E-state index is 0.287. The van der Waals surface area contributed by atoms with Crippen molar-refractivity contribution < 1.29 is 9.47 Å². The van der Waals surface area contributed by atoms with Crippen LogP contribution in [0.15, 0.2) is 0 Å². The zero-order valence-electron chi connectivity index (χ0n) is 7.02. The van der Waals surface area contributed by atoms with Crippen molar-refractivity contribution in [2.75, 3.05) is 19.8 Å². The SMILES string of the molecule is CC(C)(C)COCC1CO1. The molecule has 0 amide bonds. The summed E-state index contributed by atoms with van der Waals surface area (Å²) in [6.45, 7) is 9.00. The summed E-state index contributed by atoms with van der Waals surface area (Å²) in [6, 6.07) is 0. The van der Waals surface area contributed by atoms with Crippen molar-refractivity contribution in [1.29, 1.82) is 0 Å². The van der Waals surface area contributed by atoms with Gasteiger partial charge in [0.25, 0.3) is 0 Å². The number of rotatable bonds is 3. The second-order valence-corrected chi connectivity index (χ2v) is 4.03. The van der Waals surface area contributed by atoms with E-state index in [2.05, 4.69) is 20.8 Å². The lowest BCUT2D eigenvalue weighted by Crippen LogP contribution is -2.16. The van der Waals surface area contributed by atoms with Gasteiger partial charge in [0.1, 0.15) is 6.10 Å². The van der Waals surface area contributed by atoms with Gasteiger partial charge >= 0.3 is 0 Å². The first-order valence-corrected chi connectivity index (χ1v) is 3.77. The molecule has 2 heteroatoms. The maximum absolute atomic E-state index is 5.40. The lowest BCUT2D eigenvalue weighted by Gasteiger charge is -2.17. The summed E-state index contributed by atoms with van der Waals surface area (Å²) in [7, 11) is 0. The van der Waals surface area contributed by atoms with Crippen LogP contribution in [0, 0.1) is 5.41 Å². The maximum atomic E-state index is 5.40. The van der Waals surface area contributed by atoms with Crippen molar-refractivity contribution >= 4 is 0 Å². The monoisotopic (exact) mass is 144 g/mol. The summed E-state index contributed by atoms with van der Waals surface area (Å²) in [5.41, 5.74) is 0.287. The number of epoxide rings is 1. The third kappa shape index (κ3) is 3.85. The molecule has 0 saturated carbocycles. The molecule has 1 aliphatic rings. The lowest BCUT2D eigenvalue weighted by atomic mass is 9.99.